The van der Waals surface area contributed by atoms with Gasteiger partial charge in [0, 0.05) is 41.1 Å². The van der Waals surface area contributed by atoms with Crippen LogP contribution in [0.2, 0.25) is 0 Å². The highest BCUT2D eigenvalue weighted by molar-refractivity contribution is 6.00. The Kier molecular flexibility index (Phi) is 3.03. The zero-order chi connectivity index (χ0) is 14.1. The molecule has 0 aliphatic rings. The molecule has 3 heteroatoms. The van der Waals surface area contributed by atoms with Crippen LogP contribution >= 0.6 is 0 Å². The number of carbonyl (C=O) groups excluding carboxylic acids is 1. The van der Waals surface area contributed by atoms with Crippen LogP contribution in [0, 0.1) is 0 Å². The van der Waals surface area contributed by atoms with Gasteiger partial charge < -0.3 is 9.88 Å². The summed E-state index contributed by atoms with van der Waals surface area (Å²) in [5.74, 6) is 0.0638. The number of aryl methyl sites for hydroxylation is 1. The molecule has 0 radical (unpaired) electrons. The van der Waals surface area contributed by atoms with Crippen LogP contribution in [0.5, 0.6) is 0 Å². The number of ketones is 1. The molecule has 0 fully saturated rings. The predicted octanol–water partition coefficient (Wildman–Crippen LogP) is 4.12. The molecule has 0 spiro atoms. The van der Waals surface area contributed by atoms with E-state index in [2.05, 4.69) is 28.1 Å². The van der Waals surface area contributed by atoms with Crippen LogP contribution in [0.15, 0.2) is 54.7 Å². The van der Waals surface area contributed by atoms with E-state index in [1.807, 2.05) is 43.6 Å². The molecule has 100 valence electrons. The minimum atomic E-state index is 0.0638. The highest BCUT2D eigenvalue weighted by atomic mass is 16.1. The first-order valence-electron chi connectivity index (χ1n) is 6.57. The van der Waals surface area contributed by atoms with E-state index in [4.69, 9.17) is 0 Å². The topological polar surface area (TPSA) is 34.0 Å². The van der Waals surface area contributed by atoms with E-state index in [9.17, 15) is 4.79 Å². The van der Waals surface area contributed by atoms with Crippen molar-refractivity contribution in [3.63, 3.8) is 0 Å². The average molecular weight is 264 g/mol. The summed E-state index contributed by atoms with van der Waals surface area (Å²) in [6.45, 7) is 1.58. The number of hydrogen-bond acceptors (Lipinski definition) is 2. The maximum atomic E-state index is 11.6. The number of nitrogens with one attached hydrogen (secondary N) is 1. The number of rotatable bonds is 3. The molecule has 0 bridgehead atoms. The molecule has 1 N–H and O–H groups in total. The van der Waals surface area contributed by atoms with E-state index in [1.165, 1.54) is 10.9 Å². The Bertz CT molecular complexity index is 787. The fourth-order valence-corrected chi connectivity index (χ4v) is 2.41. The minimum absolute atomic E-state index is 0.0638. The number of Topliss-reactive ketones (excluding diaryl/α,β-unsaturated/α-hetero) is 1. The van der Waals surface area contributed by atoms with Gasteiger partial charge in [0.1, 0.15) is 0 Å². The zero-order valence-electron chi connectivity index (χ0n) is 11.6. The largest absolute Gasteiger partial charge is 0.355 e. The average Bonchev–Trinajstić information content (AvgIpc) is 2.80. The molecule has 0 aliphatic carbocycles. The first-order valence-corrected chi connectivity index (χ1v) is 6.57. The molecule has 2 aromatic carbocycles. The molecule has 3 rings (SSSR count). The number of hydrogen-bond donors (Lipinski definition) is 1. The van der Waals surface area contributed by atoms with Crippen LogP contribution in [0.4, 0.5) is 11.4 Å². The summed E-state index contributed by atoms with van der Waals surface area (Å²) in [6.07, 6.45) is 2.04. The summed E-state index contributed by atoms with van der Waals surface area (Å²) in [6, 6.07) is 15.8. The molecule has 1 heterocycles. The Morgan fingerprint density at radius 1 is 1.10 bits per heavy atom. The molecule has 3 nitrogen and oxygen atoms in total. The number of fused-ring (bicyclic) bond motifs is 1. The van der Waals surface area contributed by atoms with E-state index in [-0.39, 0.29) is 5.78 Å². The van der Waals surface area contributed by atoms with Crippen molar-refractivity contribution in [2.75, 3.05) is 5.32 Å². The molecule has 0 unspecified atom stereocenters. The molecule has 0 aliphatic heterocycles. The molecule has 1 aromatic heterocycles. The van der Waals surface area contributed by atoms with Crippen molar-refractivity contribution in [3.05, 3.63) is 60.3 Å². The Hall–Kier alpha value is -2.55. The molecule has 0 atom stereocenters. The quantitative estimate of drug-likeness (QED) is 0.722. The van der Waals surface area contributed by atoms with Crippen molar-refractivity contribution in [2.45, 2.75) is 6.92 Å². The normalized spacial score (nSPS) is 10.7. The zero-order valence-corrected chi connectivity index (χ0v) is 11.6. The van der Waals surface area contributed by atoms with Gasteiger partial charge in [-0.1, -0.05) is 12.1 Å². The maximum absolute atomic E-state index is 11.6. The lowest BCUT2D eigenvalue weighted by Gasteiger charge is -2.10. The molecule has 0 saturated carbocycles. The lowest BCUT2D eigenvalue weighted by atomic mass is 10.1. The van der Waals surface area contributed by atoms with Gasteiger partial charge >= 0.3 is 0 Å². The van der Waals surface area contributed by atoms with Gasteiger partial charge in [0.2, 0.25) is 0 Å². The van der Waals surface area contributed by atoms with Crippen LogP contribution in [0.1, 0.15) is 17.3 Å². The monoisotopic (exact) mass is 264 g/mol. The number of para-hydroxylation sites is 1. The van der Waals surface area contributed by atoms with Crippen molar-refractivity contribution in [3.8, 4) is 0 Å². The highest BCUT2D eigenvalue weighted by Gasteiger charge is 2.07. The Morgan fingerprint density at radius 2 is 1.90 bits per heavy atom. The summed E-state index contributed by atoms with van der Waals surface area (Å²) >= 11 is 0. The van der Waals surface area contributed by atoms with Gasteiger partial charge in [0.25, 0.3) is 0 Å². The summed E-state index contributed by atoms with van der Waals surface area (Å²) in [4.78, 5) is 11.6. The fraction of sp³-hybridized carbons (Fsp3) is 0.118. The summed E-state index contributed by atoms with van der Waals surface area (Å²) in [7, 11) is 2.03. The van der Waals surface area contributed by atoms with Gasteiger partial charge in [-0.25, -0.2) is 0 Å². The van der Waals surface area contributed by atoms with Crippen molar-refractivity contribution in [1.29, 1.82) is 0 Å². The van der Waals surface area contributed by atoms with Gasteiger partial charge in [-0.3, -0.25) is 4.79 Å². The lowest BCUT2D eigenvalue weighted by molar-refractivity contribution is 0.101. The van der Waals surface area contributed by atoms with E-state index in [0.29, 0.717) is 5.56 Å². The van der Waals surface area contributed by atoms with Crippen LogP contribution in [0.25, 0.3) is 10.9 Å². The smallest absolute Gasteiger partial charge is 0.161 e. The molecule has 0 amide bonds. The lowest BCUT2D eigenvalue weighted by Crippen LogP contribution is -1.99. The van der Waals surface area contributed by atoms with Crippen LogP contribution in [0.3, 0.4) is 0 Å². The molecular formula is C17H16N2O. The second kappa shape index (κ2) is 4.85. The standard InChI is InChI=1S/C17H16N2O/c1-12(20)15-5-3-4-6-16(15)18-14-7-8-17-13(11-14)9-10-19(17)2/h3-11,18H,1-2H3. The molecular weight excluding hydrogens is 248 g/mol. The second-order valence-corrected chi connectivity index (χ2v) is 4.93. The molecule has 20 heavy (non-hydrogen) atoms. The number of benzene rings is 2. The number of aromatic nitrogens is 1. The van der Waals surface area contributed by atoms with Gasteiger partial charge in [0.05, 0.1) is 0 Å². The SMILES string of the molecule is CC(=O)c1ccccc1Nc1ccc2c(ccn2C)c1. The fourth-order valence-electron chi connectivity index (χ4n) is 2.41. The Balaban J connectivity index is 1.99. The van der Waals surface area contributed by atoms with E-state index in [0.717, 1.165) is 11.4 Å². The Labute approximate surface area is 117 Å². The van der Waals surface area contributed by atoms with Gasteiger partial charge in [0.15, 0.2) is 5.78 Å². The Morgan fingerprint density at radius 3 is 2.70 bits per heavy atom. The first kappa shape index (κ1) is 12.5. The molecule has 0 saturated heterocycles. The van der Waals surface area contributed by atoms with Crippen LogP contribution in [-0.4, -0.2) is 10.4 Å². The van der Waals surface area contributed by atoms with E-state index >= 15 is 0 Å². The van der Waals surface area contributed by atoms with Gasteiger partial charge in [-0.15, -0.1) is 0 Å². The predicted molar refractivity (Wildman–Crippen MR) is 82.6 cm³/mol. The third-order valence-corrected chi connectivity index (χ3v) is 3.47. The summed E-state index contributed by atoms with van der Waals surface area (Å²) < 4.78 is 2.09. The number of nitrogens with zero attached hydrogens (tertiary/aromatic N) is 1. The van der Waals surface area contributed by atoms with Gasteiger partial charge in [-0.2, -0.15) is 0 Å². The van der Waals surface area contributed by atoms with Gasteiger partial charge in [-0.05, 0) is 43.3 Å². The van der Waals surface area contributed by atoms with Crippen molar-refractivity contribution < 1.29 is 4.79 Å². The van der Waals surface area contributed by atoms with Crippen molar-refractivity contribution >= 4 is 28.1 Å². The third-order valence-electron chi connectivity index (χ3n) is 3.47. The summed E-state index contributed by atoms with van der Waals surface area (Å²) in [5, 5.41) is 4.50. The van der Waals surface area contributed by atoms with Crippen LogP contribution < -0.4 is 5.32 Å². The second-order valence-electron chi connectivity index (χ2n) is 4.93. The number of anilines is 2. The van der Waals surface area contributed by atoms with Crippen molar-refractivity contribution in [2.24, 2.45) is 7.05 Å². The number of carbonyl (C=O) groups is 1. The minimum Gasteiger partial charge on any atom is -0.355 e. The maximum Gasteiger partial charge on any atom is 0.161 e. The van der Waals surface area contributed by atoms with E-state index < -0.39 is 0 Å². The van der Waals surface area contributed by atoms with Crippen LogP contribution in [-0.2, 0) is 7.05 Å². The molecule has 3 aromatic rings. The first-order chi connectivity index (χ1) is 9.65. The van der Waals surface area contributed by atoms with E-state index in [1.54, 1.807) is 6.92 Å². The highest BCUT2D eigenvalue weighted by Crippen LogP contribution is 2.25. The van der Waals surface area contributed by atoms with Crippen molar-refractivity contribution in [1.82, 2.24) is 4.57 Å². The summed E-state index contributed by atoms with van der Waals surface area (Å²) in [5.41, 5.74) is 3.73. The third kappa shape index (κ3) is 2.18.